The molecule has 1 aliphatic heterocycles. The molecule has 1 amide bonds. The second-order valence-electron chi connectivity index (χ2n) is 3.90. The Labute approximate surface area is 95.0 Å². The Kier molecular flexibility index (Phi) is 4.54. The number of rotatable bonds is 2. The number of hydrogen-bond acceptors (Lipinski definition) is 3. The Morgan fingerprint density at radius 2 is 1.93 bits per heavy atom. The zero-order valence-corrected chi connectivity index (χ0v) is 9.70. The number of nitrogens with two attached hydrogens (primary N) is 1. The van der Waals surface area contributed by atoms with Gasteiger partial charge >= 0.3 is 0 Å². The van der Waals surface area contributed by atoms with E-state index in [4.69, 9.17) is 5.73 Å². The van der Waals surface area contributed by atoms with Gasteiger partial charge in [-0.2, -0.15) is 11.8 Å². The standard InChI is InChI=1S/C9H16N2OS.ClH/c10-7-5-8(7)11-9(12)6-1-3-13-4-2-6;/h6-8H,1-5,10H2,(H,11,12);1H. The smallest absolute Gasteiger partial charge is 0.223 e. The lowest BCUT2D eigenvalue weighted by Gasteiger charge is -2.20. The summed E-state index contributed by atoms with van der Waals surface area (Å²) >= 11 is 1.95. The molecule has 1 aliphatic carbocycles. The first-order valence-corrected chi connectivity index (χ1v) is 6.06. The quantitative estimate of drug-likeness (QED) is 0.745. The topological polar surface area (TPSA) is 55.1 Å². The number of halogens is 1. The molecule has 2 rings (SSSR count). The zero-order chi connectivity index (χ0) is 9.26. The van der Waals surface area contributed by atoms with Crippen LogP contribution in [-0.2, 0) is 4.79 Å². The molecule has 3 nitrogen and oxygen atoms in total. The van der Waals surface area contributed by atoms with E-state index in [9.17, 15) is 4.79 Å². The van der Waals surface area contributed by atoms with Crippen molar-refractivity contribution >= 4 is 30.1 Å². The van der Waals surface area contributed by atoms with Gasteiger partial charge in [0.1, 0.15) is 0 Å². The Morgan fingerprint density at radius 1 is 1.36 bits per heavy atom. The maximum Gasteiger partial charge on any atom is 0.223 e. The molecule has 2 fully saturated rings. The molecule has 0 aromatic heterocycles. The predicted octanol–water partition coefficient (Wildman–Crippen LogP) is 0.767. The van der Waals surface area contributed by atoms with Crippen molar-refractivity contribution in [2.45, 2.75) is 31.3 Å². The van der Waals surface area contributed by atoms with Gasteiger partial charge < -0.3 is 11.1 Å². The van der Waals surface area contributed by atoms with E-state index in [1.165, 1.54) is 0 Å². The molecule has 5 heteroatoms. The van der Waals surface area contributed by atoms with E-state index in [0.717, 1.165) is 30.8 Å². The molecule has 2 atom stereocenters. The molecule has 2 aliphatic rings. The minimum Gasteiger partial charge on any atom is -0.352 e. The van der Waals surface area contributed by atoms with E-state index in [1.54, 1.807) is 0 Å². The summed E-state index contributed by atoms with van der Waals surface area (Å²) in [5.41, 5.74) is 5.63. The maximum absolute atomic E-state index is 11.6. The van der Waals surface area contributed by atoms with Crippen molar-refractivity contribution in [1.29, 1.82) is 0 Å². The second-order valence-corrected chi connectivity index (χ2v) is 5.13. The first-order valence-electron chi connectivity index (χ1n) is 4.91. The van der Waals surface area contributed by atoms with Crippen LogP contribution in [0.1, 0.15) is 19.3 Å². The highest BCUT2D eigenvalue weighted by Crippen LogP contribution is 2.24. The molecule has 1 heterocycles. The molecule has 0 radical (unpaired) electrons. The van der Waals surface area contributed by atoms with E-state index in [-0.39, 0.29) is 36.3 Å². The minimum absolute atomic E-state index is 0. The summed E-state index contributed by atoms with van der Waals surface area (Å²) in [7, 11) is 0. The van der Waals surface area contributed by atoms with Crippen LogP contribution in [0.5, 0.6) is 0 Å². The van der Waals surface area contributed by atoms with Crippen LogP contribution in [0.4, 0.5) is 0 Å². The van der Waals surface area contributed by atoms with E-state index < -0.39 is 0 Å². The molecule has 3 N–H and O–H groups in total. The first-order chi connectivity index (χ1) is 6.27. The van der Waals surface area contributed by atoms with E-state index in [0.29, 0.717) is 0 Å². The molecular weight excluding hydrogens is 220 g/mol. The van der Waals surface area contributed by atoms with Crippen molar-refractivity contribution in [2.75, 3.05) is 11.5 Å². The van der Waals surface area contributed by atoms with E-state index >= 15 is 0 Å². The highest BCUT2D eigenvalue weighted by atomic mass is 35.5. The Morgan fingerprint density at radius 3 is 2.43 bits per heavy atom. The van der Waals surface area contributed by atoms with Gasteiger partial charge in [-0.25, -0.2) is 0 Å². The van der Waals surface area contributed by atoms with E-state index in [2.05, 4.69) is 5.32 Å². The number of thioether (sulfide) groups is 1. The average Bonchev–Trinajstić information content (AvgIpc) is 2.83. The van der Waals surface area contributed by atoms with Gasteiger partial charge in [-0.3, -0.25) is 4.79 Å². The van der Waals surface area contributed by atoms with Crippen LogP contribution >= 0.6 is 24.2 Å². The third-order valence-corrected chi connectivity index (χ3v) is 3.81. The molecular formula is C9H17ClN2OS. The normalized spacial score (nSPS) is 31.8. The van der Waals surface area contributed by atoms with Crippen molar-refractivity contribution in [3.05, 3.63) is 0 Å². The van der Waals surface area contributed by atoms with Crippen LogP contribution in [0.2, 0.25) is 0 Å². The maximum atomic E-state index is 11.6. The van der Waals surface area contributed by atoms with Gasteiger partial charge in [0.25, 0.3) is 0 Å². The molecule has 0 spiro atoms. The predicted molar refractivity (Wildman–Crippen MR) is 61.8 cm³/mol. The third kappa shape index (κ3) is 3.04. The number of carbonyl (C=O) groups is 1. The van der Waals surface area contributed by atoms with Crippen molar-refractivity contribution in [3.63, 3.8) is 0 Å². The number of nitrogens with one attached hydrogen (secondary N) is 1. The van der Waals surface area contributed by atoms with Gasteiger partial charge in [0.15, 0.2) is 0 Å². The van der Waals surface area contributed by atoms with E-state index in [1.807, 2.05) is 11.8 Å². The molecule has 0 bridgehead atoms. The fourth-order valence-corrected chi connectivity index (χ4v) is 2.75. The Bertz CT molecular complexity index is 209. The molecule has 14 heavy (non-hydrogen) atoms. The van der Waals surface area contributed by atoms with Gasteiger partial charge in [-0.15, -0.1) is 12.4 Å². The van der Waals surface area contributed by atoms with Crippen LogP contribution in [0.25, 0.3) is 0 Å². The average molecular weight is 237 g/mol. The lowest BCUT2D eigenvalue weighted by molar-refractivity contribution is -0.125. The fourth-order valence-electron chi connectivity index (χ4n) is 1.64. The summed E-state index contributed by atoms with van der Waals surface area (Å²) in [5.74, 6) is 2.76. The monoisotopic (exact) mass is 236 g/mol. The minimum atomic E-state index is 0. The van der Waals surface area contributed by atoms with Crippen LogP contribution in [0.3, 0.4) is 0 Å². The summed E-state index contributed by atoms with van der Waals surface area (Å²) in [6.07, 6.45) is 3.05. The molecule has 1 saturated heterocycles. The lowest BCUT2D eigenvalue weighted by Crippen LogP contribution is -2.36. The van der Waals surface area contributed by atoms with Crippen LogP contribution in [-0.4, -0.2) is 29.5 Å². The number of amides is 1. The van der Waals surface area contributed by atoms with Gasteiger partial charge in [0, 0.05) is 18.0 Å². The molecule has 0 aromatic rings. The molecule has 1 saturated carbocycles. The molecule has 2 unspecified atom stereocenters. The van der Waals surface area contributed by atoms with Crippen molar-refractivity contribution < 1.29 is 4.79 Å². The van der Waals surface area contributed by atoms with Gasteiger partial charge in [0.05, 0.1) is 0 Å². The van der Waals surface area contributed by atoms with Crippen molar-refractivity contribution in [2.24, 2.45) is 11.7 Å². The summed E-state index contributed by atoms with van der Waals surface area (Å²) in [4.78, 5) is 11.6. The van der Waals surface area contributed by atoms with Gasteiger partial charge in [-0.05, 0) is 30.8 Å². The van der Waals surface area contributed by atoms with Gasteiger partial charge in [-0.1, -0.05) is 0 Å². The largest absolute Gasteiger partial charge is 0.352 e. The fraction of sp³-hybridized carbons (Fsp3) is 0.889. The zero-order valence-electron chi connectivity index (χ0n) is 8.07. The number of hydrogen-bond donors (Lipinski definition) is 2. The van der Waals surface area contributed by atoms with Crippen molar-refractivity contribution in [3.8, 4) is 0 Å². The van der Waals surface area contributed by atoms with Crippen molar-refractivity contribution in [1.82, 2.24) is 5.32 Å². The molecule has 0 aromatic carbocycles. The highest BCUT2D eigenvalue weighted by molar-refractivity contribution is 7.99. The van der Waals surface area contributed by atoms with Crippen LogP contribution < -0.4 is 11.1 Å². The summed E-state index contributed by atoms with van der Waals surface area (Å²) in [6.45, 7) is 0. The van der Waals surface area contributed by atoms with Gasteiger partial charge in [0.2, 0.25) is 5.91 Å². The highest BCUT2D eigenvalue weighted by Gasteiger charge is 2.36. The second kappa shape index (κ2) is 5.24. The Hall–Kier alpha value is 0.0700. The summed E-state index contributed by atoms with van der Waals surface area (Å²) in [6, 6.07) is 0.504. The van der Waals surface area contributed by atoms with Crippen LogP contribution in [0.15, 0.2) is 0 Å². The number of carbonyl (C=O) groups excluding carboxylic acids is 1. The first kappa shape index (κ1) is 12.1. The van der Waals surface area contributed by atoms with Crippen LogP contribution in [0, 0.1) is 5.92 Å². The summed E-state index contributed by atoms with van der Waals surface area (Å²) < 4.78 is 0. The molecule has 82 valence electrons. The SMILES string of the molecule is Cl.NC1CC1NC(=O)C1CCSCC1. The summed E-state index contributed by atoms with van der Waals surface area (Å²) in [5, 5.41) is 3.00. The third-order valence-electron chi connectivity index (χ3n) is 2.76. The lowest BCUT2D eigenvalue weighted by atomic mass is 10.0. The Balaban J connectivity index is 0.000000980.